The van der Waals surface area contributed by atoms with Crippen LogP contribution in [-0.4, -0.2) is 49.7 Å². The summed E-state index contributed by atoms with van der Waals surface area (Å²) >= 11 is 1.45. The van der Waals surface area contributed by atoms with Gasteiger partial charge in [-0.25, -0.2) is 8.42 Å². The molecule has 0 atom stereocenters. The molecule has 1 aliphatic heterocycles. The van der Waals surface area contributed by atoms with Crippen molar-refractivity contribution in [3.05, 3.63) is 51.2 Å². The van der Waals surface area contributed by atoms with Crippen LogP contribution in [0.4, 0.5) is 13.2 Å². The van der Waals surface area contributed by atoms with Crippen molar-refractivity contribution in [2.24, 2.45) is 0 Å². The van der Waals surface area contributed by atoms with Crippen molar-refractivity contribution >= 4 is 27.3 Å². The van der Waals surface area contributed by atoms with E-state index >= 15 is 0 Å². The Balaban J connectivity index is 1.68. The first-order chi connectivity index (χ1) is 13.5. The SMILES string of the molecule is CCc1sc(C(=O)N2CCN(S(=O)(=O)c3ccc(C(F)(F)F)cc3)CC2)cc1C. The zero-order chi connectivity index (χ0) is 21.4. The average molecular weight is 447 g/mol. The first kappa shape index (κ1) is 21.8. The summed E-state index contributed by atoms with van der Waals surface area (Å²) in [6, 6.07) is 5.32. The summed E-state index contributed by atoms with van der Waals surface area (Å²) in [5.41, 5.74) is 0.175. The maximum absolute atomic E-state index is 12.7. The molecule has 1 fully saturated rings. The van der Waals surface area contributed by atoms with Gasteiger partial charge in [-0.3, -0.25) is 4.79 Å². The number of sulfonamides is 1. The summed E-state index contributed by atoms with van der Waals surface area (Å²) in [7, 11) is -3.91. The van der Waals surface area contributed by atoms with Gasteiger partial charge in [-0.05, 0) is 49.2 Å². The first-order valence-electron chi connectivity index (χ1n) is 9.10. The largest absolute Gasteiger partial charge is 0.416 e. The molecule has 0 radical (unpaired) electrons. The molecular weight excluding hydrogens is 425 g/mol. The standard InChI is InChI=1S/C19H21F3N2O3S2/c1-3-16-13(2)12-17(28-16)18(25)23-8-10-24(11-9-23)29(26,27)15-6-4-14(5-7-15)19(20,21)22/h4-7,12H,3,8-11H2,1-2H3. The van der Waals surface area contributed by atoms with Crippen LogP contribution in [0.15, 0.2) is 35.2 Å². The van der Waals surface area contributed by atoms with Crippen molar-refractivity contribution in [1.29, 1.82) is 0 Å². The van der Waals surface area contributed by atoms with Gasteiger partial charge in [0, 0.05) is 31.1 Å². The lowest BCUT2D eigenvalue weighted by Crippen LogP contribution is -2.50. The lowest BCUT2D eigenvalue weighted by Gasteiger charge is -2.33. The summed E-state index contributed by atoms with van der Waals surface area (Å²) in [5.74, 6) is -0.121. The predicted octanol–water partition coefficient (Wildman–Crippen LogP) is 3.78. The third-order valence-corrected chi connectivity index (χ3v) is 8.18. The topological polar surface area (TPSA) is 57.7 Å². The fourth-order valence-corrected chi connectivity index (χ4v) is 5.73. The Morgan fingerprint density at radius 2 is 1.69 bits per heavy atom. The molecular formula is C19H21F3N2O3S2. The fraction of sp³-hybridized carbons (Fsp3) is 0.421. The summed E-state index contributed by atoms with van der Waals surface area (Å²) in [6.07, 6.45) is -3.67. The summed E-state index contributed by atoms with van der Waals surface area (Å²) in [5, 5.41) is 0. The number of carbonyl (C=O) groups excluding carboxylic acids is 1. The average Bonchev–Trinajstić information content (AvgIpc) is 3.07. The minimum absolute atomic E-state index is 0.0973. The maximum atomic E-state index is 12.7. The van der Waals surface area contributed by atoms with E-state index in [1.54, 1.807) is 4.90 Å². The molecule has 2 aromatic rings. The Morgan fingerprint density at radius 3 is 2.17 bits per heavy atom. The number of carbonyl (C=O) groups is 1. The van der Waals surface area contributed by atoms with Crippen molar-refractivity contribution in [3.8, 4) is 0 Å². The molecule has 1 amide bonds. The van der Waals surface area contributed by atoms with E-state index in [0.29, 0.717) is 4.88 Å². The van der Waals surface area contributed by atoms with Crippen molar-refractivity contribution in [3.63, 3.8) is 0 Å². The Morgan fingerprint density at radius 1 is 1.10 bits per heavy atom. The monoisotopic (exact) mass is 446 g/mol. The van der Waals surface area contributed by atoms with Crippen LogP contribution in [-0.2, 0) is 22.6 Å². The van der Waals surface area contributed by atoms with Gasteiger partial charge in [0.15, 0.2) is 0 Å². The molecule has 2 heterocycles. The third kappa shape index (κ3) is 4.49. The van der Waals surface area contributed by atoms with Crippen LogP contribution in [0.1, 0.15) is 32.6 Å². The molecule has 0 bridgehead atoms. The number of amides is 1. The highest BCUT2D eigenvalue weighted by Crippen LogP contribution is 2.30. The van der Waals surface area contributed by atoms with Crippen LogP contribution in [0.25, 0.3) is 0 Å². The van der Waals surface area contributed by atoms with Gasteiger partial charge < -0.3 is 4.90 Å². The number of benzene rings is 1. The third-order valence-electron chi connectivity index (χ3n) is 4.90. The summed E-state index contributed by atoms with van der Waals surface area (Å²) < 4.78 is 64.7. The number of halogens is 3. The number of nitrogens with zero attached hydrogens (tertiary/aromatic N) is 2. The molecule has 1 aromatic heterocycles. The molecule has 0 unspecified atom stereocenters. The number of rotatable bonds is 4. The summed E-state index contributed by atoms with van der Waals surface area (Å²) in [6.45, 7) is 4.65. The van der Waals surface area contributed by atoms with Gasteiger partial charge in [0.25, 0.3) is 5.91 Å². The molecule has 158 valence electrons. The first-order valence-corrected chi connectivity index (χ1v) is 11.4. The number of piperazine rings is 1. The number of aryl methyl sites for hydroxylation is 2. The van der Waals surface area contributed by atoms with E-state index in [0.717, 1.165) is 41.1 Å². The van der Waals surface area contributed by atoms with E-state index < -0.39 is 21.8 Å². The van der Waals surface area contributed by atoms with Gasteiger partial charge in [0.2, 0.25) is 10.0 Å². The van der Waals surface area contributed by atoms with Gasteiger partial charge in [0.1, 0.15) is 0 Å². The molecule has 1 aromatic carbocycles. The van der Waals surface area contributed by atoms with Gasteiger partial charge in [0.05, 0.1) is 15.3 Å². The molecule has 3 rings (SSSR count). The van der Waals surface area contributed by atoms with Crippen molar-refractivity contribution in [1.82, 2.24) is 9.21 Å². The highest BCUT2D eigenvalue weighted by molar-refractivity contribution is 7.89. The van der Waals surface area contributed by atoms with E-state index in [1.807, 2.05) is 19.9 Å². The van der Waals surface area contributed by atoms with Crippen LogP contribution in [0.3, 0.4) is 0 Å². The summed E-state index contributed by atoms with van der Waals surface area (Å²) in [4.78, 5) is 15.9. The molecule has 10 heteroatoms. The second kappa shape index (κ2) is 8.08. The smallest absolute Gasteiger partial charge is 0.335 e. The minimum atomic E-state index is -4.52. The molecule has 0 saturated carbocycles. The number of hydrogen-bond acceptors (Lipinski definition) is 4. The number of hydrogen-bond donors (Lipinski definition) is 0. The lowest BCUT2D eigenvalue weighted by molar-refractivity contribution is -0.137. The molecule has 1 aliphatic rings. The van der Waals surface area contributed by atoms with Crippen molar-refractivity contribution in [2.45, 2.75) is 31.3 Å². The van der Waals surface area contributed by atoms with E-state index in [1.165, 1.54) is 15.6 Å². The maximum Gasteiger partial charge on any atom is 0.416 e. The van der Waals surface area contributed by atoms with Crippen molar-refractivity contribution < 1.29 is 26.4 Å². The van der Waals surface area contributed by atoms with Crippen LogP contribution in [0.5, 0.6) is 0 Å². The highest BCUT2D eigenvalue weighted by Gasteiger charge is 2.33. The second-order valence-electron chi connectivity index (χ2n) is 6.79. The lowest BCUT2D eigenvalue weighted by atomic mass is 10.2. The molecule has 0 spiro atoms. The quantitative estimate of drug-likeness (QED) is 0.718. The molecule has 5 nitrogen and oxygen atoms in total. The van der Waals surface area contributed by atoms with Crippen molar-refractivity contribution in [2.75, 3.05) is 26.2 Å². The van der Waals surface area contributed by atoms with Gasteiger partial charge in [-0.2, -0.15) is 17.5 Å². The number of alkyl halides is 3. The molecule has 0 aliphatic carbocycles. The fourth-order valence-electron chi connectivity index (χ4n) is 3.23. The van der Waals surface area contributed by atoms with Crippen LogP contribution < -0.4 is 0 Å². The Bertz CT molecular complexity index is 991. The van der Waals surface area contributed by atoms with Gasteiger partial charge >= 0.3 is 6.18 Å². The molecule has 1 saturated heterocycles. The molecule has 29 heavy (non-hydrogen) atoms. The minimum Gasteiger partial charge on any atom is -0.335 e. The van der Waals surface area contributed by atoms with Crippen LogP contribution >= 0.6 is 11.3 Å². The van der Waals surface area contributed by atoms with E-state index in [-0.39, 0.29) is 37.0 Å². The Kier molecular flexibility index (Phi) is 6.07. The van der Waals surface area contributed by atoms with Gasteiger partial charge in [-0.15, -0.1) is 11.3 Å². The van der Waals surface area contributed by atoms with Gasteiger partial charge in [-0.1, -0.05) is 6.92 Å². The van der Waals surface area contributed by atoms with E-state index in [2.05, 4.69) is 0 Å². The van der Waals surface area contributed by atoms with E-state index in [9.17, 15) is 26.4 Å². The van der Waals surface area contributed by atoms with Crippen LogP contribution in [0, 0.1) is 6.92 Å². The van der Waals surface area contributed by atoms with Crippen LogP contribution in [0.2, 0.25) is 0 Å². The second-order valence-corrected chi connectivity index (χ2v) is 9.86. The number of thiophene rings is 1. The van der Waals surface area contributed by atoms with E-state index in [4.69, 9.17) is 0 Å². The highest BCUT2D eigenvalue weighted by atomic mass is 32.2. The molecule has 0 N–H and O–H groups in total. The normalized spacial score (nSPS) is 16.2. The Labute approximate surface area is 171 Å². The zero-order valence-electron chi connectivity index (χ0n) is 16.0. The predicted molar refractivity (Wildman–Crippen MR) is 105 cm³/mol. The Hall–Kier alpha value is -1.91. The zero-order valence-corrected chi connectivity index (χ0v) is 17.6.